The molecule has 4 aromatic carbocycles. The molecular weight excluding hydrogens is 460 g/mol. The zero-order chi connectivity index (χ0) is 26.7. The predicted molar refractivity (Wildman–Crippen MR) is 164 cm³/mol. The van der Waals surface area contributed by atoms with E-state index in [1.54, 1.807) is 0 Å². The van der Waals surface area contributed by atoms with Gasteiger partial charge in [0.05, 0.1) is 0 Å². The van der Waals surface area contributed by atoms with Crippen molar-refractivity contribution in [3.63, 3.8) is 0 Å². The van der Waals surface area contributed by atoms with Crippen molar-refractivity contribution in [1.29, 1.82) is 0 Å². The lowest BCUT2D eigenvalue weighted by Crippen LogP contribution is -2.34. The SMILES string of the molecule is Cc1cc(C)c(-c2ccc3c(c2)c2cc(-c4c(C)cc(C)cc4C)ccc2n3[C@@H]2CCCC[C@H]2N)c(C)c1. The van der Waals surface area contributed by atoms with Crippen LogP contribution in [0.3, 0.4) is 0 Å². The second-order valence-electron chi connectivity index (χ2n) is 11.9. The molecule has 194 valence electrons. The maximum atomic E-state index is 6.78. The average molecular weight is 501 g/mol. The highest BCUT2D eigenvalue weighted by atomic mass is 15.0. The van der Waals surface area contributed by atoms with E-state index in [-0.39, 0.29) is 6.04 Å². The summed E-state index contributed by atoms with van der Waals surface area (Å²) in [7, 11) is 0. The number of benzene rings is 4. The van der Waals surface area contributed by atoms with Crippen LogP contribution in [0, 0.1) is 41.5 Å². The van der Waals surface area contributed by atoms with Crippen molar-refractivity contribution in [2.45, 2.75) is 79.3 Å². The molecule has 0 aliphatic heterocycles. The van der Waals surface area contributed by atoms with Crippen molar-refractivity contribution in [2.75, 3.05) is 0 Å². The number of hydrogen-bond acceptors (Lipinski definition) is 1. The van der Waals surface area contributed by atoms with Crippen LogP contribution < -0.4 is 5.73 Å². The molecule has 6 rings (SSSR count). The minimum atomic E-state index is 0.199. The second-order valence-corrected chi connectivity index (χ2v) is 11.9. The summed E-state index contributed by atoms with van der Waals surface area (Å²) >= 11 is 0. The number of rotatable bonds is 3. The van der Waals surface area contributed by atoms with Crippen LogP contribution in [0.25, 0.3) is 44.1 Å². The highest BCUT2D eigenvalue weighted by Gasteiger charge is 2.27. The van der Waals surface area contributed by atoms with Gasteiger partial charge in [0.1, 0.15) is 0 Å². The van der Waals surface area contributed by atoms with Crippen molar-refractivity contribution >= 4 is 21.8 Å². The number of nitrogens with zero attached hydrogens (tertiary/aromatic N) is 1. The molecule has 2 nitrogen and oxygen atoms in total. The summed E-state index contributed by atoms with van der Waals surface area (Å²) in [5.74, 6) is 0. The topological polar surface area (TPSA) is 30.9 Å². The lowest BCUT2D eigenvalue weighted by Gasteiger charge is -2.31. The molecule has 1 aliphatic carbocycles. The maximum Gasteiger partial charge on any atom is 0.0494 e. The van der Waals surface area contributed by atoms with Gasteiger partial charge in [-0.1, -0.05) is 60.4 Å². The molecule has 5 aromatic rings. The van der Waals surface area contributed by atoms with Crippen molar-refractivity contribution in [2.24, 2.45) is 5.73 Å². The number of aromatic nitrogens is 1. The minimum absolute atomic E-state index is 0.199. The van der Waals surface area contributed by atoms with Crippen LogP contribution in [0.5, 0.6) is 0 Å². The van der Waals surface area contributed by atoms with E-state index in [1.807, 2.05) is 0 Å². The summed E-state index contributed by atoms with van der Waals surface area (Å²) in [5, 5.41) is 2.66. The third-order valence-corrected chi connectivity index (χ3v) is 8.85. The van der Waals surface area contributed by atoms with E-state index in [1.165, 1.54) is 90.3 Å². The normalized spacial score (nSPS) is 18.0. The average Bonchev–Trinajstić information content (AvgIpc) is 3.16. The fraction of sp³-hybridized carbons (Fsp3) is 0.333. The Morgan fingerprint density at radius 2 is 1.00 bits per heavy atom. The Bertz CT molecular complexity index is 1540. The van der Waals surface area contributed by atoms with Gasteiger partial charge in [-0.05, 0) is 123 Å². The van der Waals surface area contributed by atoms with Gasteiger partial charge in [0.25, 0.3) is 0 Å². The first-order valence-corrected chi connectivity index (χ1v) is 14.2. The monoisotopic (exact) mass is 500 g/mol. The van der Waals surface area contributed by atoms with Crippen molar-refractivity contribution in [1.82, 2.24) is 4.57 Å². The second kappa shape index (κ2) is 9.43. The van der Waals surface area contributed by atoms with E-state index in [9.17, 15) is 0 Å². The fourth-order valence-electron chi connectivity index (χ4n) is 7.45. The maximum absolute atomic E-state index is 6.78. The molecule has 0 amide bonds. The molecule has 0 saturated heterocycles. The van der Waals surface area contributed by atoms with Crippen molar-refractivity contribution in [3.8, 4) is 22.3 Å². The summed E-state index contributed by atoms with van der Waals surface area (Å²) in [6.45, 7) is 13.3. The van der Waals surface area contributed by atoms with Gasteiger partial charge in [0.2, 0.25) is 0 Å². The van der Waals surface area contributed by atoms with Crippen LogP contribution in [0.15, 0.2) is 60.7 Å². The summed E-state index contributed by atoms with van der Waals surface area (Å²) in [6, 6.07) is 24.0. The molecule has 0 unspecified atom stereocenters. The molecule has 0 spiro atoms. The lowest BCUT2D eigenvalue weighted by atomic mass is 9.90. The fourth-order valence-corrected chi connectivity index (χ4v) is 7.45. The van der Waals surface area contributed by atoms with E-state index < -0.39 is 0 Å². The predicted octanol–water partition coefficient (Wildman–Crippen LogP) is 9.42. The first-order valence-electron chi connectivity index (χ1n) is 14.2. The Hall–Kier alpha value is -3.36. The summed E-state index contributed by atoms with van der Waals surface area (Å²) in [5.41, 5.74) is 22.7. The summed E-state index contributed by atoms with van der Waals surface area (Å²) < 4.78 is 2.58. The van der Waals surface area contributed by atoms with Gasteiger partial charge < -0.3 is 10.3 Å². The Labute approximate surface area is 227 Å². The van der Waals surface area contributed by atoms with E-state index in [2.05, 4.69) is 107 Å². The Balaban J connectivity index is 1.65. The first-order chi connectivity index (χ1) is 18.2. The van der Waals surface area contributed by atoms with E-state index in [0.717, 1.165) is 12.8 Å². The molecule has 2 atom stereocenters. The molecule has 1 saturated carbocycles. The third kappa shape index (κ3) is 4.07. The highest BCUT2D eigenvalue weighted by molar-refractivity contribution is 6.11. The molecule has 1 heterocycles. The number of hydrogen-bond donors (Lipinski definition) is 1. The van der Waals surface area contributed by atoms with Crippen LogP contribution in [-0.2, 0) is 0 Å². The Kier molecular flexibility index (Phi) is 6.19. The first kappa shape index (κ1) is 24.9. The van der Waals surface area contributed by atoms with Crippen molar-refractivity contribution in [3.05, 3.63) is 94.0 Å². The van der Waals surface area contributed by atoms with Gasteiger partial charge in [-0.2, -0.15) is 0 Å². The summed E-state index contributed by atoms with van der Waals surface area (Å²) in [4.78, 5) is 0. The Morgan fingerprint density at radius 1 is 0.579 bits per heavy atom. The van der Waals surface area contributed by atoms with Gasteiger partial charge >= 0.3 is 0 Å². The molecule has 1 aromatic heterocycles. The van der Waals surface area contributed by atoms with Crippen LogP contribution in [0.4, 0.5) is 0 Å². The molecular formula is C36H40N2. The molecule has 38 heavy (non-hydrogen) atoms. The minimum Gasteiger partial charge on any atom is -0.336 e. The van der Waals surface area contributed by atoms with Gasteiger partial charge in [-0.15, -0.1) is 0 Å². The van der Waals surface area contributed by atoms with Crippen LogP contribution in [0.2, 0.25) is 0 Å². The molecule has 0 bridgehead atoms. The van der Waals surface area contributed by atoms with Gasteiger partial charge in [0.15, 0.2) is 0 Å². The standard InChI is InChI=1S/C36H40N2/c1-21-15-23(3)35(24(4)16-21)27-11-13-32-29(19-27)30-20-28(36-25(5)17-22(2)18-26(36)6)12-14-33(30)38(32)34-10-8-7-9-31(34)37/h11-20,31,34H,7-10,37H2,1-6H3/t31-,34-/m1/s1. The zero-order valence-electron chi connectivity index (χ0n) is 23.8. The third-order valence-electron chi connectivity index (χ3n) is 8.85. The highest BCUT2D eigenvalue weighted by Crippen LogP contribution is 2.41. The Morgan fingerprint density at radius 3 is 1.42 bits per heavy atom. The molecule has 1 fully saturated rings. The van der Waals surface area contributed by atoms with E-state index in [0.29, 0.717) is 6.04 Å². The number of fused-ring (bicyclic) bond motifs is 3. The van der Waals surface area contributed by atoms with Gasteiger partial charge in [0, 0.05) is 33.9 Å². The smallest absolute Gasteiger partial charge is 0.0494 e. The molecule has 0 radical (unpaired) electrons. The lowest BCUT2D eigenvalue weighted by molar-refractivity contribution is 0.318. The van der Waals surface area contributed by atoms with E-state index >= 15 is 0 Å². The molecule has 2 heteroatoms. The van der Waals surface area contributed by atoms with Crippen LogP contribution in [-0.4, -0.2) is 10.6 Å². The largest absolute Gasteiger partial charge is 0.336 e. The quantitative estimate of drug-likeness (QED) is 0.263. The van der Waals surface area contributed by atoms with Gasteiger partial charge in [-0.25, -0.2) is 0 Å². The number of nitrogens with two attached hydrogens (primary N) is 1. The van der Waals surface area contributed by atoms with Crippen molar-refractivity contribution < 1.29 is 0 Å². The van der Waals surface area contributed by atoms with Gasteiger partial charge in [-0.3, -0.25) is 0 Å². The number of aryl methyl sites for hydroxylation is 6. The zero-order valence-corrected chi connectivity index (χ0v) is 23.8. The molecule has 2 N–H and O–H groups in total. The van der Waals surface area contributed by atoms with E-state index in [4.69, 9.17) is 5.73 Å². The van der Waals surface area contributed by atoms with Crippen LogP contribution in [0.1, 0.15) is 65.1 Å². The summed E-state index contributed by atoms with van der Waals surface area (Å²) in [6.07, 6.45) is 4.74. The van der Waals surface area contributed by atoms with Crippen LogP contribution >= 0.6 is 0 Å². The molecule has 1 aliphatic rings.